The Morgan fingerprint density at radius 1 is 1.75 bits per heavy atom. The summed E-state index contributed by atoms with van der Waals surface area (Å²) in [5.74, 6) is -0.899. The number of carboxylic acid groups (broad SMARTS) is 1. The molecule has 0 bridgehead atoms. The van der Waals surface area contributed by atoms with Crippen molar-refractivity contribution in [2.24, 2.45) is 0 Å². The zero-order chi connectivity index (χ0) is 9.35. The third-order valence-corrected chi connectivity index (χ3v) is 2.63. The fourth-order valence-electron chi connectivity index (χ4n) is 0.648. The molecule has 1 aromatic rings. The molecule has 66 valence electrons. The molecule has 1 aromatic heterocycles. The van der Waals surface area contributed by atoms with Crippen molar-refractivity contribution in [3.05, 3.63) is 15.5 Å². The molecule has 3 nitrogen and oxygen atoms in total. The zero-order valence-corrected chi connectivity index (χ0v) is 8.24. The number of carbonyl (C=O) groups is 1. The van der Waals surface area contributed by atoms with Gasteiger partial charge in [-0.3, -0.25) is 4.79 Å². The Kier molecular flexibility index (Phi) is 2.39. The van der Waals surface area contributed by atoms with Gasteiger partial charge in [0.15, 0.2) is 4.47 Å². The van der Waals surface area contributed by atoms with Crippen LogP contribution in [0.5, 0.6) is 0 Å². The Bertz CT molecular complexity index is 308. The predicted octanol–water partition coefficient (Wildman–Crippen LogP) is 2.16. The van der Waals surface area contributed by atoms with E-state index in [1.807, 2.05) is 0 Å². The van der Waals surface area contributed by atoms with Crippen molar-refractivity contribution in [1.82, 2.24) is 4.98 Å². The molecule has 5 heteroatoms. The van der Waals surface area contributed by atoms with Crippen molar-refractivity contribution < 1.29 is 9.90 Å². The molecule has 0 saturated carbocycles. The summed E-state index contributed by atoms with van der Waals surface area (Å²) >= 11 is 6.83. The van der Waals surface area contributed by atoms with Crippen molar-refractivity contribution in [1.29, 1.82) is 0 Å². The molecule has 0 atom stereocenters. The van der Waals surface area contributed by atoms with Crippen molar-refractivity contribution in [3.63, 3.8) is 0 Å². The molecule has 0 aliphatic carbocycles. The smallest absolute Gasteiger partial charge is 0.315 e. The first-order chi connectivity index (χ1) is 5.44. The van der Waals surface area contributed by atoms with E-state index in [2.05, 4.69) is 4.98 Å². The lowest BCUT2D eigenvalue weighted by molar-refractivity contribution is -0.142. The number of thiazole rings is 1. The van der Waals surface area contributed by atoms with Gasteiger partial charge in [-0.2, -0.15) is 0 Å². The minimum Gasteiger partial charge on any atom is -0.481 e. The summed E-state index contributed by atoms with van der Waals surface area (Å²) in [7, 11) is 0. The maximum absolute atomic E-state index is 10.8. The highest BCUT2D eigenvalue weighted by Gasteiger charge is 2.31. The number of rotatable bonds is 2. The molecule has 1 rings (SSSR count). The molecule has 0 aromatic carbocycles. The van der Waals surface area contributed by atoms with Crippen LogP contribution in [0.3, 0.4) is 0 Å². The maximum atomic E-state index is 10.8. The largest absolute Gasteiger partial charge is 0.481 e. The number of hydrogen-bond acceptors (Lipinski definition) is 3. The van der Waals surface area contributed by atoms with E-state index in [9.17, 15) is 4.79 Å². The normalized spacial score (nSPS) is 11.6. The predicted molar refractivity (Wildman–Crippen MR) is 47.8 cm³/mol. The average molecular weight is 206 g/mol. The van der Waals surface area contributed by atoms with Gasteiger partial charge in [-0.05, 0) is 13.8 Å². The first kappa shape index (κ1) is 9.48. The van der Waals surface area contributed by atoms with Gasteiger partial charge in [0.25, 0.3) is 0 Å². The fourth-order valence-corrected chi connectivity index (χ4v) is 1.58. The number of nitrogens with zero attached hydrogens (tertiary/aromatic N) is 1. The summed E-state index contributed by atoms with van der Waals surface area (Å²) in [6.07, 6.45) is 0. The first-order valence-electron chi connectivity index (χ1n) is 3.29. The van der Waals surface area contributed by atoms with Gasteiger partial charge in [-0.25, -0.2) is 4.98 Å². The minimum atomic E-state index is -0.955. The molecule has 0 spiro atoms. The highest BCUT2D eigenvalue weighted by Crippen LogP contribution is 2.26. The van der Waals surface area contributed by atoms with E-state index in [1.54, 1.807) is 19.2 Å². The lowest BCUT2D eigenvalue weighted by Crippen LogP contribution is -2.28. The van der Waals surface area contributed by atoms with Gasteiger partial charge in [-0.15, -0.1) is 11.3 Å². The fraction of sp³-hybridized carbons (Fsp3) is 0.429. The van der Waals surface area contributed by atoms with Crippen LogP contribution in [0.25, 0.3) is 0 Å². The van der Waals surface area contributed by atoms with Crippen LogP contribution >= 0.6 is 22.9 Å². The van der Waals surface area contributed by atoms with Crippen molar-refractivity contribution in [2.75, 3.05) is 0 Å². The highest BCUT2D eigenvalue weighted by atomic mass is 35.5. The Labute approximate surface area is 79.0 Å². The molecule has 12 heavy (non-hydrogen) atoms. The number of aliphatic carboxylic acids is 1. The summed E-state index contributed by atoms with van der Waals surface area (Å²) in [4.78, 5) is 14.7. The van der Waals surface area contributed by atoms with Crippen LogP contribution in [-0.2, 0) is 10.2 Å². The van der Waals surface area contributed by atoms with Crippen LogP contribution in [0.2, 0.25) is 4.47 Å². The van der Waals surface area contributed by atoms with Gasteiger partial charge in [0.05, 0.1) is 5.69 Å². The number of hydrogen-bond donors (Lipinski definition) is 1. The van der Waals surface area contributed by atoms with Crippen LogP contribution in [0, 0.1) is 0 Å². The molecule has 0 aliphatic heterocycles. The van der Waals surface area contributed by atoms with Crippen molar-refractivity contribution in [3.8, 4) is 0 Å². The summed E-state index contributed by atoms with van der Waals surface area (Å²) in [6, 6.07) is 0. The monoisotopic (exact) mass is 205 g/mol. The van der Waals surface area contributed by atoms with Gasteiger partial charge in [0, 0.05) is 5.38 Å². The second kappa shape index (κ2) is 3.03. The molecule has 0 fully saturated rings. The van der Waals surface area contributed by atoms with E-state index in [-0.39, 0.29) is 0 Å². The summed E-state index contributed by atoms with van der Waals surface area (Å²) in [5.41, 5.74) is -0.450. The second-order valence-corrected chi connectivity index (χ2v) is 4.36. The van der Waals surface area contributed by atoms with Crippen molar-refractivity contribution >= 4 is 28.9 Å². The molecule has 0 aliphatic rings. The number of carboxylic acids is 1. The highest BCUT2D eigenvalue weighted by molar-refractivity contribution is 7.14. The second-order valence-electron chi connectivity index (χ2n) is 2.92. The molecule has 0 radical (unpaired) electrons. The topological polar surface area (TPSA) is 50.2 Å². The average Bonchev–Trinajstić information content (AvgIpc) is 2.35. The number of halogens is 1. The van der Waals surface area contributed by atoms with Crippen LogP contribution in [0.15, 0.2) is 5.38 Å². The molecular weight excluding hydrogens is 198 g/mol. The van der Waals surface area contributed by atoms with Crippen LogP contribution in [-0.4, -0.2) is 16.1 Å². The van der Waals surface area contributed by atoms with E-state index in [0.717, 1.165) is 0 Å². The summed E-state index contributed by atoms with van der Waals surface area (Å²) in [5, 5.41) is 10.5. The standard InChI is InChI=1S/C7H8ClNO2S/c1-7(2,5(10)11)4-3-12-6(8)9-4/h3H,1-2H3,(H,10,11). The van der Waals surface area contributed by atoms with Crippen LogP contribution < -0.4 is 0 Å². The Hall–Kier alpha value is -0.610. The lowest BCUT2D eigenvalue weighted by Gasteiger charge is -2.15. The summed E-state index contributed by atoms with van der Waals surface area (Å²) in [6.45, 7) is 3.20. The SMILES string of the molecule is CC(C)(C(=O)O)c1csc(Cl)n1. The third kappa shape index (κ3) is 1.59. The summed E-state index contributed by atoms with van der Waals surface area (Å²) < 4.78 is 0.374. The minimum absolute atomic E-state index is 0.374. The third-order valence-electron chi connectivity index (χ3n) is 1.65. The Balaban J connectivity index is 3.05. The van der Waals surface area contributed by atoms with Gasteiger partial charge in [-0.1, -0.05) is 11.6 Å². The Morgan fingerprint density at radius 3 is 2.67 bits per heavy atom. The first-order valence-corrected chi connectivity index (χ1v) is 4.55. The quantitative estimate of drug-likeness (QED) is 0.805. The lowest BCUT2D eigenvalue weighted by atomic mass is 9.91. The molecule has 1 N–H and O–H groups in total. The van der Waals surface area contributed by atoms with E-state index < -0.39 is 11.4 Å². The van der Waals surface area contributed by atoms with Gasteiger partial charge in [0.1, 0.15) is 5.41 Å². The Morgan fingerprint density at radius 2 is 2.33 bits per heavy atom. The van der Waals surface area contributed by atoms with E-state index in [4.69, 9.17) is 16.7 Å². The van der Waals surface area contributed by atoms with E-state index in [0.29, 0.717) is 10.2 Å². The van der Waals surface area contributed by atoms with Gasteiger partial charge < -0.3 is 5.11 Å². The molecular formula is C7H8ClNO2S. The molecule has 0 unspecified atom stereocenters. The van der Waals surface area contributed by atoms with Gasteiger partial charge >= 0.3 is 5.97 Å². The maximum Gasteiger partial charge on any atom is 0.315 e. The zero-order valence-electron chi connectivity index (χ0n) is 6.67. The number of aromatic nitrogens is 1. The van der Waals surface area contributed by atoms with Crippen LogP contribution in [0.4, 0.5) is 0 Å². The van der Waals surface area contributed by atoms with Gasteiger partial charge in [0.2, 0.25) is 0 Å². The molecule has 1 heterocycles. The molecule has 0 saturated heterocycles. The van der Waals surface area contributed by atoms with E-state index in [1.165, 1.54) is 11.3 Å². The van der Waals surface area contributed by atoms with Crippen LogP contribution in [0.1, 0.15) is 19.5 Å². The molecule has 0 amide bonds. The van der Waals surface area contributed by atoms with Crippen molar-refractivity contribution in [2.45, 2.75) is 19.3 Å². The van der Waals surface area contributed by atoms with E-state index >= 15 is 0 Å².